The summed E-state index contributed by atoms with van der Waals surface area (Å²) < 4.78 is 54.2. The van der Waals surface area contributed by atoms with Crippen molar-refractivity contribution < 1.29 is 31.9 Å². The lowest BCUT2D eigenvalue weighted by atomic mass is 10.1. The van der Waals surface area contributed by atoms with Gasteiger partial charge in [0, 0.05) is 49.8 Å². The summed E-state index contributed by atoms with van der Waals surface area (Å²) in [5.74, 6) is -2.46. The monoisotopic (exact) mass is 608 g/mol. The quantitative estimate of drug-likeness (QED) is 0.252. The second-order valence-corrected chi connectivity index (χ2v) is 10.4. The van der Waals surface area contributed by atoms with E-state index in [0.29, 0.717) is 5.69 Å². The number of carbonyl (C=O) groups is 3. The fourth-order valence-corrected chi connectivity index (χ4v) is 5.08. The highest BCUT2D eigenvalue weighted by molar-refractivity contribution is 6.07. The minimum Gasteiger partial charge on any atom is -0.346 e. The predicted molar refractivity (Wildman–Crippen MR) is 150 cm³/mol. The number of halogens is 4. The number of fused-ring (bicyclic) bond motifs is 1. The Bertz CT molecular complexity index is 1760. The zero-order valence-corrected chi connectivity index (χ0v) is 22.9. The number of likely N-dealkylation sites (tertiary alicyclic amines) is 2. The summed E-state index contributed by atoms with van der Waals surface area (Å²) >= 11 is 0. The van der Waals surface area contributed by atoms with Gasteiger partial charge in [-0.25, -0.2) is 9.18 Å². The Morgan fingerprint density at radius 3 is 2.30 bits per heavy atom. The van der Waals surface area contributed by atoms with E-state index in [1.807, 2.05) is 6.07 Å². The highest BCUT2D eigenvalue weighted by Gasteiger charge is 2.38. The van der Waals surface area contributed by atoms with Crippen LogP contribution < -0.4 is 10.6 Å². The summed E-state index contributed by atoms with van der Waals surface area (Å²) in [4.78, 5) is 48.7. The molecule has 2 fully saturated rings. The lowest BCUT2D eigenvalue weighted by molar-refractivity contribution is -0.141. The molecule has 4 amide bonds. The van der Waals surface area contributed by atoms with Crippen LogP contribution in [0.5, 0.6) is 0 Å². The predicted octanol–water partition coefficient (Wildman–Crippen LogP) is 4.02. The molecule has 0 aliphatic carbocycles. The molecule has 2 N–H and O–H groups in total. The van der Waals surface area contributed by atoms with Crippen LogP contribution in [0.4, 0.5) is 28.0 Å². The molecule has 44 heavy (non-hydrogen) atoms. The van der Waals surface area contributed by atoms with Crippen LogP contribution in [0.15, 0.2) is 73.3 Å². The van der Waals surface area contributed by atoms with E-state index in [4.69, 9.17) is 0 Å². The van der Waals surface area contributed by atoms with Crippen LogP contribution in [0, 0.1) is 0 Å². The van der Waals surface area contributed by atoms with Gasteiger partial charge in [-0.3, -0.25) is 24.2 Å². The number of anilines is 1. The molecule has 11 nitrogen and oxygen atoms in total. The number of hydrogen-bond donors (Lipinski definition) is 2. The summed E-state index contributed by atoms with van der Waals surface area (Å²) in [5, 5.41) is 10.3. The molecule has 2 saturated heterocycles. The standard InChI is InChI=1S/C29H24F4N8O3/c1-16(30)27(43)39-14-20(15-39)41-25-21(26(42)36-19-12-40(13-19)28(44)37-18-5-3-2-4-6-18)9-10-34-24(25)23(38-41)17-7-8-22(35-11-17)29(31,32)33/h2-11,19-20H,1,12-15H2,(H,36,42)(H,37,44). The summed E-state index contributed by atoms with van der Waals surface area (Å²) in [6.07, 6.45) is -2.23. The van der Waals surface area contributed by atoms with Crippen molar-refractivity contribution in [1.29, 1.82) is 0 Å². The maximum Gasteiger partial charge on any atom is 0.433 e. The third kappa shape index (κ3) is 5.43. The topological polar surface area (TPSA) is 125 Å². The Hall–Kier alpha value is -5.34. The number of pyridine rings is 2. The number of urea groups is 1. The van der Waals surface area contributed by atoms with Crippen LogP contribution in [-0.2, 0) is 11.0 Å². The van der Waals surface area contributed by atoms with Gasteiger partial charge in [-0.05, 0) is 30.3 Å². The van der Waals surface area contributed by atoms with E-state index in [2.05, 4.69) is 32.3 Å². The van der Waals surface area contributed by atoms with Crippen molar-refractivity contribution in [2.24, 2.45) is 0 Å². The van der Waals surface area contributed by atoms with Gasteiger partial charge in [0.05, 0.1) is 17.6 Å². The number of para-hydroxylation sites is 1. The number of hydrogen-bond acceptors (Lipinski definition) is 6. The lowest BCUT2D eigenvalue weighted by Crippen LogP contribution is -2.61. The first kappa shape index (κ1) is 28.8. The average Bonchev–Trinajstić information content (AvgIpc) is 3.33. The second kappa shape index (κ2) is 11.1. The fraction of sp³-hybridized carbons (Fsp3) is 0.241. The normalized spacial score (nSPS) is 15.5. The molecule has 5 heterocycles. The molecule has 4 aromatic rings. The number of benzene rings is 1. The Morgan fingerprint density at radius 1 is 0.932 bits per heavy atom. The molecule has 0 saturated carbocycles. The molecule has 15 heteroatoms. The fourth-order valence-electron chi connectivity index (χ4n) is 5.08. The zero-order valence-electron chi connectivity index (χ0n) is 22.9. The number of carbonyl (C=O) groups excluding carboxylic acids is 3. The number of alkyl halides is 3. The van der Waals surface area contributed by atoms with E-state index >= 15 is 0 Å². The Labute approximate surface area is 247 Å². The summed E-state index contributed by atoms with van der Waals surface area (Å²) in [6, 6.07) is 11.3. The third-order valence-corrected chi connectivity index (χ3v) is 7.41. The first-order valence-corrected chi connectivity index (χ1v) is 13.5. The molecule has 6 rings (SSSR count). The van der Waals surface area contributed by atoms with E-state index in [-0.39, 0.29) is 66.1 Å². The van der Waals surface area contributed by atoms with Crippen molar-refractivity contribution in [2.45, 2.75) is 18.3 Å². The highest BCUT2D eigenvalue weighted by Crippen LogP contribution is 2.35. The summed E-state index contributed by atoms with van der Waals surface area (Å²) in [7, 11) is 0. The van der Waals surface area contributed by atoms with Crippen molar-refractivity contribution in [3.05, 3.63) is 84.6 Å². The molecule has 0 bridgehead atoms. The smallest absolute Gasteiger partial charge is 0.346 e. The highest BCUT2D eigenvalue weighted by atomic mass is 19.4. The number of amides is 4. The maximum atomic E-state index is 13.5. The minimum absolute atomic E-state index is 0.0628. The van der Waals surface area contributed by atoms with Gasteiger partial charge in [0.15, 0.2) is 5.83 Å². The number of nitrogens with zero attached hydrogens (tertiary/aromatic N) is 6. The number of aromatic nitrogens is 4. The summed E-state index contributed by atoms with van der Waals surface area (Å²) in [6.45, 7) is 3.70. The molecule has 0 spiro atoms. The van der Waals surface area contributed by atoms with Gasteiger partial charge in [-0.15, -0.1) is 0 Å². The van der Waals surface area contributed by atoms with Gasteiger partial charge in [0.2, 0.25) is 0 Å². The molecular formula is C29H24F4N8O3. The van der Waals surface area contributed by atoms with E-state index in [1.54, 1.807) is 29.2 Å². The van der Waals surface area contributed by atoms with Crippen LogP contribution >= 0.6 is 0 Å². The van der Waals surface area contributed by atoms with Gasteiger partial charge in [0.1, 0.15) is 22.4 Å². The molecule has 0 atom stereocenters. The maximum absolute atomic E-state index is 13.5. The van der Waals surface area contributed by atoms with Crippen molar-refractivity contribution >= 4 is 34.6 Å². The first-order chi connectivity index (χ1) is 21.0. The van der Waals surface area contributed by atoms with Crippen LogP contribution in [0.25, 0.3) is 22.3 Å². The first-order valence-electron chi connectivity index (χ1n) is 13.5. The largest absolute Gasteiger partial charge is 0.433 e. The Morgan fingerprint density at radius 2 is 1.66 bits per heavy atom. The van der Waals surface area contributed by atoms with E-state index in [9.17, 15) is 31.9 Å². The van der Waals surface area contributed by atoms with E-state index in [1.165, 1.54) is 27.9 Å². The van der Waals surface area contributed by atoms with Gasteiger partial charge in [0.25, 0.3) is 11.8 Å². The molecule has 3 aromatic heterocycles. The second-order valence-electron chi connectivity index (χ2n) is 10.4. The molecule has 0 radical (unpaired) electrons. The van der Waals surface area contributed by atoms with Crippen molar-refractivity contribution in [2.75, 3.05) is 31.5 Å². The zero-order chi connectivity index (χ0) is 31.2. The molecule has 2 aliphatic heterocycles. The van der Waals surface area contributed by atoms with Crippen molar-refractivity contribution in [3.8, 4) is 11.3 Å². The summed E-state index contributed by atoms with van der Waals surface area (Å²) in [5.41, 5.74) is 0.678. The molecular weight excluding hydrogens is 584 g/mol. The minimum atomic E-state index is -4.63. The van der Waals surface area contributed by atoms with Gasteiger partial charge < -0.3 is 20.4 Å². The molecule has 0 unspecified atom stereocenters. The van der Waals surface area contributed by atoms with Crippen LogP contribution in [-0.4, -0.2) is 79.6 Å². The average molecular weight is 609 g/mol. The van der Waals surface area contributed by atoms with E-state index < -0.39 is 35.6 Å². The lowest BCUT2D eigenvalue weighted by Gasteiger charge is -2.40. The van der Waals surface area contributed by atoms with Gasteiger partial charge in [-0.1, -0.05) is 24.8 Å². The number of rotatable bonds is 6. The SMILES string of the molecule is C=C(F)C(=O)N1CC(n2nc(-c3ccc(C(F)(F)F)nc3)c3nccc(C(=O)NC4CN(C(=O)Nc5ccccc5)C4)c32)C1. The van der Waals surface area contributed by atoms with E-state index in [0.717, 1.165) is 12.3 Å². The molecule has 1 aromatic carbocycles. The Kier molecular flexibility index (Phi) is 7.23. The molecule has 2 aliphatic rings. The Balaban J connectivity index is 1.26. The van der Waals surface area contributed by atoms with Gasteiger partial charge >= 0.3 is 12.2 Å². The van der Waals surface area contributed by atoms with Crippen LogP contribution in [0.1, 0.15) is 22.1 Å². The van der Waals surface area contributed by atoms with Crippen LogP contribution in [0.3, 0.4) is 0 Å². The molecule has 226 valence electrons. The number of nitrogens with one attached hydrogen (secondary N) is 2. The van der Waals surface area contributed by atoms with Gasteiger partial charge in [-0.2, -0.15) is 18.3 Å². The van der Waals surface area contributed by atoms with Crippen molar-refractivity contribution in [1.82, 2.24) is 34.9 Å². The third-order valence-electron chi connectivity index (χ3n) is 7.41. The van der Waals surface area contributed by atoms with Crippen LogP contribution in [0.2, 0.25) is 0 Å². The van der Waals surface area contributed by atoms with Crippen molar-refractivity contribution in [3.63, 3.8) is 0 Å².